The number of aromatic nitrogens is 1. The molecule has 3 aromatic rings. The van der Waals surface area contributed by atoms with Crippen molar-refractivity contribution < 1.29 is 23.5 Å². The molecule has 2 atom stereocenters. The van der Waals surface area contributed by atoms with E-state index in [9.17, 15) is 14.4 Å². The molecule has 1 aromatic heterocycles. The lowest BCUT2D eigenvalue weighted by Gasteiger charge is -2.27. The number of oxazole rings is 1. The molecule has 0 radical (unpaired) electrons. The summed E-state index contributed by atoms with van der Waals surface area (Å²) in [5.41, 5.74) is 1.66. The molecule has 0 spiro atoms. The number of benzene rings is 2. The first-order valence-corrected chi connectivity index (χ1v) is 9.51. The molecule has 2 unspecified atom stereocenters. The Morgan fingerprint density at radius 1 is 1.10 bits per heavy atom. The second-order valence-electron chi connectivity index (χ2n) is 7.38. The summed E-state index contributed by atoms with van der Waals surface area (Å²) in [6.45, 7) is 3.63. The third-order valence-electron chi connectivity index (χ3n) is 5.45. The summed E-state index contributed by atoms with van der Waals surface area (Å²) >= 11 is 0. The molecule has 1 fully saturated rings. The third kappa shape index (κ3) is 3.39. The zero-order valence-electron chi connectivity index (χ0n) is 16.5. The Bertz CT molecular complexity index is 1100. The molecule has 0 bridgehead atoms. The van der Waals surface area contributed by atoms with Crippen LogP contribution in [0.4, 0.5) is 4.79 Å². The van der Waals surface area contributed by atoms with Crippen molar-refractivity contribution in [3.8, 4) is 0 Å². The Kier molecular flexibility index (Phi) is 4.95. The van der Waals surface area contributed by atoms with E-state index >= 15 is 0 Å². The Labute approximate surface area is 173 Å². The number of ether oxygens (including phenoxy) is 1. The highest BCUT2D eigenvalue weighted by Gasteiger charge is 2.41. The van der Waals surface area contributed by atoms with Crippen molar-refractivity contribution in [2.75, 3.05) is 0 Å². The maximum atomic E-state index is 13.7. The van der Waals surface area contributed by atoms with Crippen molar-refractivity contribution >= 4 is 17.8 Å². The number of nitrogens with one attached hydrogen (secondary N) is 1. The van der Waals surface area contributed by atoms with Gasteiger partial charge < -0.3 is 14.5 Å². The monoisotopic (exact) mass is 404 g/mol. The lowest BCUT2D eigenvalue weighted by Crippen LogP contribution is -2.35. The number of hydrogen-bond acceptors (Lipinski definition) is 6. The normalized spacial score (nSPS) is 17.9. The average Bonchev–Trinajstić information content (AvgIpc) is 3.32. The number of esters is 1. The van der Waals surface area contributed by atoms with Gasteiger partial charge in [0.2, 0.25) is 0 Å². The number of carbonyl (C=O) groups excluding carboxylic acids is 3. The van der Waals surface area contributed by atoms with Crippen LogP contribution in [0.1, 0.15) is 39.9 Å². The molecule has 1 aliphatic rings. The summed E-state index contributed by atoms with van der Waals surface area (Å²) < 4.78 is 9.88. The summed E-state index contributed by atoms with van der Waals surface area (Å²) in [5.74, 6) is -0.133. The first kappa shape index (κ1) is 19.6. The molecule has 1 N–H and O–H groups in total. The fraction of sp³-hybridized carbons (Fsp3) is 0.217. The minimum Gasteiger partial charge on any atom is -0.448 e. The number of Topliss-reactive ketones (excluding diaryl/α,β-unsaturated/α-hetero) is 1. The van der Waals surface area contributed by atoms with Gasteiger partial charge in [-0.25, -0.2) is 14.6 Å². The number of aryl methyl sites for hydroxylation is 1. The molecule has 0 aliphatic carbocycles. The molecule has 1 aliphatic heterocycles. The highest BCUT2D eigenvalue weighted by molar-refractivity contribution is 6.06. The van der Waals surface area contributed by atoms with Gasteiger partial charge in [-0.05, 0) is 25.0 Å². The van der Waals surface area contributed by atoms with E-state index in [1.807, 2.05) is 37.3 Å². The molecule has 2 heterocycles. The summed E-state index contributed by atoms with van der Waals surface area (Å²) in [5, 5.41) is 2.46. The van der Waals surface area contributed by atoms with E-state index in [0.717, 1.165) is 11.1 Å². The smallest absolute Gasteiger partial charge is 0.415 e. The molecular formula is C23H20N2O5. The van der Waals surface area contributed by atoms with Gasteiger partial charge in [0.15, 0.2) is 12.2 Å². The van der Waals surface area contributed by atoms with E-state index in [-0.39, 0.29) is 12.2 Å². The van der Waals surface area contributed by atoms with Crippen LogP contribution in [0.2, 0.25) is 0 Å². The number of nitrogens with zero attached hydrogens (tertiary/aromatic N) is 1. The van der Waals surface area contributed by atoms with Crippen LogP contribution in [0.25, 0.3) is 0 Å². The zero-order chi connectivity index (χ0) is 21.3. The van der Waals surface area contributed by atoms with Crippen molar-refractivity contribution in [1.29, 1.82) is 0 Å². The highest BCUT2D eigenvalue weighted by Crippen LogP contribution is 2.36. The second kappa shape index (κ2) is 7.59. The molecule has 0 saturated carbocycles. The van der Waals surface area contributed by atoms with E-state index < -0.39 is 23.5 Å². The maximum absolute atomic E-state index is 13.7. The van der Waals surface area contributed by atoms with Crippen LogP contribution in [0.15, 0.2) is 65.4 Å². The van der Waals surface area contributed by atoms with Gasteiger partial charge in [-0.1, -0.05) is 54.6 Å². The minimum absolute atomic E-state index is 0.120. The Morgan fingerprint density at radius 2 is 1.80 bits per heavy atom. The fourth-order valence-corrected chi connectivity index (χ4v) is 3.78. The van der Waals surface area contributed by atoms with Gasteiger partial charge in [0.05, 0.1) is 5.69 Å². The topological polar surface area (TPSA) is 98.5 Å². The summed E-state index contributed by atoms with van der Waals surface area (Å²) in [7, 11) is 0. The first-order chi connectivity index (χ1) is 14.4. The van der Waals surface area contributed by atoms with Gasteiger partial charge in [0, 0.05) is 12.0 Å². The Balaban J connectivity index is 1.65. The molecule has 7 heteroatoms. The molecule has 4 rings (SSSR count). The van der Waals surface area contributed by atoms with Gasteiger partial charge >= 0.3 is 12.1 Å². The molecule has 2 aromatic carbocycles. The number of rotatable bonds is 6. The highest BCUT2D eigenvalue weighted by atomic mass is 16.6. The van der Waals surface area contributed by atoms with E-state index in [4.69, 9.17) is 4.42 Å². The lowest BCUT2D eigenvalue weighted by atomic mass is 9.73. The number of amides is 1. The number of hydrogen-bond donors (Lipinski definition) is 1. The van der Waals surface area contributed by atoms with Crippen LogP contribution >= 0.6 is 0 Å². The quantitative estimate of drug-likeness (QED) is 0.384. The lowest BCUT2D eigenvalue weighted by molar-refractivity contribution is -0.135. The van der Waals surface area contributed by atoms with Crippen LogP contribution in [-0.2, 0) is 21.4 Å². The predicted molar refractivity (Wildman–Crippen MR) is 107 cm³/mol. The molecular weight excluding hydrogens is 384 g/mol. The standard InChI is InChI=1S/C23H20N2O5/c1-14-19(24-13-29-14)23(2,17-6-4-3-5-7-17)20(26)16-10-8-15(9-11-16)12-18-21(27)30-22(28)25-18/h3-11,13,18H,12H2,1-2H3,(H,25,28). The van der Waals surface area contributed by atoms with Crippen molar-refractivity contribution in [2.24, 2.45) is 0 Å². The third-order valence-corrected chi connectivity index (χ3v) is 5.45. The SMILES string of the molecule is Cc1ocnc1C(C)(C(=O)c1ccc(CC2NC(=O)OC2=O)cc1)c1ccccc1. The predicted octanol–water partition coefficient (Wildman–Crippen LogP) is 3.35. The number of cyclic esters (lactones) is 2. The maximum Gasteiger partial charge on any atom is 0.415 e. The van der Waals surface area contributed by atoms with Crippen LogP contribution < -0.4 is 5.32 Å². The number of carbonyl (C=O) groups is 3. The minimum atomic E-state index is -1.02. The van der Waals surface area contributed by atoms with Crippen molar-refractivity contribution in [3.63, 3.8) is 0 Å². The van der Waals surface area contributed by atoms with Crippen LogP contribution in [-0.4, -0.2) is 28.9 Å². The zero-order valence-corrected chi connectivity index (χ0v) is 16.5. The van der Waals surface area contributed by atoms with Crippen molar-refractivity contribution in [3.05, 3.63) is 89.1 Å². The van der Waals surface area contributed by atoms with E-state index in [2.05, 4.69) is 15.0 Å². The Hall–Kier alpha value is -3.74. The Morgan fingerprint density at radius 3 is 2.37 bits per heavy atom. The summed E-state index contributed by atoms with van der Waals surface area (Å²) in [6, 6.07) is 15.7. The van der Waals surface area contributed by atoms with Crippen LogP contribution in [0, 0.1) is 6.92 Å². The molecule has 7 nitrogen and oxygen atoms in total. The summed E-state index contributed by atoms with van der Waals surface area (Å²) in [4.78, 5) is 40.8. The van der Waals surface area contributed by atoms with Crippen molar-refractivity contribution in [1.82, 2.24) is 10.3 Å². The molecule has 152 valence electrons. The number of ketones is 1. The van der Waals surface area contributed by atoms with E-state index in [0.29, 0.717) is 17.0 Å². The molecule has 30 heavy (non-hydrogen) atoms. The van der Waals surface area contributed by atoms with Crippen molar-refractivity contribution in [2.45, 2.75) is 31.7 Å². The average molecular weight is 404 g/mol. The van der Waals surface area contributed by atoms with E-state index in [1.165, 1.54) is 6.39 Å². The van der Waals surface area contributed by atoms with Gasteiger partial charge in [-0.15, -0.1) is 0 Å². The first-order valence-electron chi connectivity index (χ1n) is 9.51. The van der Waals surface area contributed by atoms with E-state index in [1.54, 1.807) is 31.2 Å². The van der Waals surface area contributed by atoms with Gasteiger partial charge in [-0.3, -0.25) is 4.79 Å². The van der Waals surface area contributed by atoms with Crippen LogP contribution in [0.3, 0.4) is 0 Å². The van der Waals surface area contributed by atoms with Gasteiger partial charge in [-0.2, -0.15) is 0 Å². The largest absolute Gasteiger partial charge is 0.448 e. The van der Waals surface area contributed by atoms with Crippen LogP contribution in [0.5, 0.6) is 0 Å². The van der Waals surface area contributed by atoms with Gasteiger partial charge in [0.1, 0.15) is 17.2 Å². The second-order valence-corrected chi connectivity index (χ2v) is 7.38. The molecule has 1 saturated heterocycles. The molecule has 1 amide bonds. The summed E-state index contributed by atoms with van der Waals surface area (Å²) in [6.07, 6.45) is 0.896. The van der Waals surface area contributed by atoms with Gasteiger partial charge in [0.25, 0.3) is 0 Å². The fourth-order valence-electron chi connectivity index (χ4n) is 3.78. The number of alkyl carbamates (subject to hydrolysis) is 1.